The number of rotatable bonds is 10. The summed E-state index contributed by atoms with van der Waals surface area (Å²) in [6.45, 7) is 4.90. The average molecular weight is 282 g/mol. The normalized spacial score (nSPS) is 16.3. The van der Waals surface area contributed by atoms with Crippen LogP contribution in [0, 0.1) is 5.92 Å². The summed E-state index contributed by atoms with van der Waals surface area (Å²) in [5.41, 5.74) is 5.49. The minimum atomic E-state index is 0.380. The zero-order chi connectivity index (χ0) is 14.6. The van der Waals surface area contributed by atoms with Gasteiger partial charge < -0.3 is 10.6 Å². The van der Waals surface area contributed by atoms with Gasteiger partial charge in [-0.2, -0.15) is 0 Å². The van der Waals surface area contributed by atoms with Gasteiger partial charge in [-0.3, -0.25) is 4.79 Å². The molecule has 0 radical (unpaired) electrons. The summed E-state index contributed by atoms with van der Waals surface area (Å²) in [5, 5.41) is 0. The van der Waals surface area contributed by atoms with Crippen molar-refractivity contribution >= 4 is 5.91 Å². The second-order valence-corrected chi connectivity index (χ2v) is 6.30. The molecular formula is C17H34N2O. The Balaban J connectivity index is 2.25. The van der Waals surface area contributed by atoms with E-state index in [1.54, 1.807) is 0 Å². The molecule has 1 fully saturated rings. The molecule has 2 N–H and O–H groups in total. The molecule has 1 rings (SSSR count). The second-order valence-electron chi connectivity index (χ2n) is 6.30. The van der Waals surface area contributed by atoms with Crippen LogP contribution in [-0.2, 0) is 4.79 Å². The van der Waals surface area contributed by atoms with Crippen molar-refractivity contribution in [1.29, 1.82) is 0 Å². The number of hydrogen-bond acceptors (Lipinski definition) is 2. The fourth-order valence-corrected chi connectivity index (χ4v) is 3.20. The third-order valence-corrected chi connectivity index (χ3v) is 4.39. The minimum Gasteiger partial charge on any atom is -0.342 e. The summed E-state index contributed by atoms with van der Waals surface area (Å²) in [6.07, 6.45) is 13.0. The van der Waals surface area contributed by atoms with E-state index < -0.39 is 0 Å². The third kappa shape index (κ3) is 7.28. The van der Waals surface area contributed by atoms with Gasteiger partial charge >= 0.3 is 0 Å². The first kappa shape index (κ1) is 17.5. The lowest BCUT2D eigenvalue weighted by Crippen LogP contribution is -2.36. The molecule has 1 aliphatic carbocycles. The molecule has 0 aromatic rings. The molecule has 0 aromatic carbocycles. The van der Waals surface area contributed by atoms with Crippen molar-refractivity contribution in [1.82, 2.24) is 4.90 Å². The first-order chi connectivity index (χ1) is 9.77. The van der Waals surface area contributed by atoms with E-state index in [-0.39, 0.29) is 0 Å². The van der Waals surface area contributed by atoms with Crippen molar-refractivity contribution in [2.45, 2.75) is 77.6 Å². The summed E-state index contributed by atoms with van der Waals surface area (Å²) < 4.78 is 0. The van der Waals surface area contributed by atoms with E-state index in [0.717, 1.165) is 57.7 Å². The molecule has 0 heterocycles. The average Bonchev–Trinajstić information content (AvgIpc) is 2.47. The Hall–Kier alpha value is -0.570. The van der Waals surface area contributed by atoms with Gasteiger partial charge in [-0.05, 0) is 44.6 Å². The van der Waals surface area contributed by atoms with Crippen LogP contribution in [0.3, 0.4) is 0 Å². The van der Waals surface area contributed by atoms with Gasteiger partial charge in [-0.1, -0.05) is 39.0 Å². The van der Waals surface area contributed by atoms with Crippen molar-refractivity contribution in [3.63, 3.8) is 0 Å². The maximum atomic E-state index is 12.3. The minimum absolute atomic E-state index is 0.380. The molecule has 0 spiro atoms. The monoisotopic (exact) mass is 282 g/mol. The van der Waals surface area contributed by atoms with E-state index in [0.29, 0.717) is 5.91 Å². The van der Waals surface area contributed by atoms with Crippen molar-refractivity contribution in [2.75, 3.05) is 19.6 Å². The predicted molar refractivity (Wildman–Crippen MR) is 85.6 cm³/mol. The molecule has 3 heteroatoms. The highest BCUT2D eigenvalue weighted by Gasteiger charge is 2.19. The molecule has 0 unspecified atom stereocenters. The molecule has 0 aliphatic heterocycles. The second kappa shape index (κ2) is 11.1. The highest BCUT2D eigenvalue weighted by molar-refractivity contribution is 5.76. The van der Waals surface area contributed by atoms with E-state index in [2.05, 4.69) is 11.8 Å². The van der Waals surface area contributed by atoms with Crippen LogP contribution in [0.15, 0.2) is 0 Å². The Bertz CT molecular complexity index is 249. The largest absolute Gasteiger partial charge is 0.342 e. The molecule has 0 saturated heterocycles. The lowest BCUT2D eigenvalue weighted by Gasteiger charge is -2.29. The summed E-state index contributed by atoms with van der Waals surface area (Å²) >= 11 is 0. The number of hydrogen-bond donors (Lipinski definition) is 1. The third-order valence-electron chi connectivity index (χ3n) is 4.39. The number of nitrogens with zero attached hydrogens (tertiary/aromatic N) is 1. The lowest BCUT2D eigenvalue weighted by atomic mass is 9.89. The van der Waals surface area contributed by atoms with Crippen molar-refractivity contribution in [2.24, 2.45) is 11.7 Å². The first-order valence-corrected chi connectivity index (χ1v) is 8.75. The van der Waals surface area contributed by atoms with E-state index in [1.807, 2.05) is 0 Å². The van der Waals surface area contributed by atoms with Gasteiger partial charge in [0.1, 0.15) is 0 Å². The molecule has 0 bridgehead atoms. The van der Waals surface area contributed by atoms with Gasteiger partial charge in [-0.25, -0.2) is 0 Å². The fraction of sp³-hybridized carbons (Fsp3) is 0.941. The number of amides is 1. The SMILES string of the molecule is CCCN(CC1CCCCC1)C(=O)CCCCCCN. The molecular weight excluding hydrogens is 248 g/mol. The number of nitrogens with two attached hydrogens (primary N) is 1. The first-order valence-electron chi connectivity index (χ1n) is 8.75. The van der Waals surface area contributed by atoms with Crippen molar-refractivity contribution in [3.8, 4) is 0 Å². The predicted octanol–water partition coefficient (Wildman–Crippen LogP) is 3.71. The molecule has 1 amide bonds. The number of carbonyl (C=O) groups excluding carboxylic acids is 1. The Morgan fingerprint density at radius 3 is 2.45 bits per heavy atom. The van der Waals surface area contributed by atoms with Crippen LogP contribution in [0.2, 0.25) is 0 Å². The smallest absolute Gasteiger partial charge is 0.222 e. The molecule has 1 saturated carbocycles. The standard InChI is InChI=1S/C17H34N2O/c1-2-14-19(15-16-10-6-5-7-11-16)17(20)12-8-3-4-9-13-18/h16H,2-15,18H2,1H3. The zero-order valence-corrected chi connectivity index (χ0v) is 13.4. The van der Waals surface area contributed by atoms with Crippen LogP contribution in [0.4, 0.5) is 0 Å². The van der Waals surface area contributed by atoms with Crippen molar-refractivity contribution < 1.29 is 4.79 Å². The molecule has 118 valence electrons. The van der Waals surface area contributed by atoms with Crippen LogP contribution >= 0.6 is 0 Å². The lowest BCUT2D eigenvalue weighted by molar-refractivity contribution is -0.132. The highest BCUT2D eigenvalue weighted by atomic mass is 16.2. The summed E-state index contributed by atoms with van der Waals surface area (Å²) in [4.78, 5) is 14.5. The Labute approximate surface area is 125 Å². The summed E-state index contributed by atoms with van der Waals surface area (Å²) in [6, 6.07) is 0. The van der Waals surface area contributed by atoms with Gasteiger partial charge in [0.15, 0.2) is 0 Å². The molecule has 3 nitrogen and oxygen atoms in total. The van der Waals surface area contributed by atoms with Gasteiger partial charge in [0.2, 0.25) is 5.91 Å². The highest BCUT2D eigenvalue weighted by Crippen LogP contribution is 2.24. The molecule has 0 atom stereocenters. The zero-order valence-electron chi connectivity index (χ0n) is 13.4. The molecule has 20 heavy (non-hydrogen) atoms. The topological polar surface area (TPSA) is 46.3 Å². The summed E-state index contributed by atoms with van der Waals surface area (Å²) in [5.74, 6) is 1.14. The fourth-order valence-electron chi connectivity index (χ4n) is 3.20. The Morgan fingerprint density at radius 2 is 1.80 bits per heavy atom. The van der Waals surface area contributed by atoms with Gasteiger partial charge in [-0.15, -0.1) is 0 Å². The van der Waals surface area contributed by atoms with E-state index >= 15 is 0 Å². The van der Waals surface area contributed by atoms with Crippen LogP contribution in [0.25, 0.3) is 0 Å². The molecule has 0 aromatic heterocycles. The summed E-state index contributed by atoms with van der Waals surface area (Å²) in [7, 11) is 0. The number of carbonyl (C=O) groups is 1. The van der Waals surface area contributed by atoms with E-state index in [1.165, 1.54) is 38.5 Å². The Morgan fingerprint density at radius 1 is 1.10 bits per heavy atom. The van der Waals surface area contributed by atoms with E-state index in [4.69, 9.17) is 5.73 Å². The Kier molecular flexibility index (Phi) is 9.73. The van der Waals surface area contributed by atoms with Crippen LogP contribution in [-0.4, -0.2) is 30.4 Å². The number of unbranched alkanes of at least 4 members (excludes halogenated alkanes) is 3. The van der Waals surface area contributed by atoms with E-state index in [9.17, 15) is 4.79 Å². The van der Waals surface area contributed by atoms with Gasteiger partial charge in [0, 0.05) is 19.5 Å². The van der Waals surface area contributed by atoms with Gasteiger partial charge in [0.05, 0.1) is 0 Å². The van der Waals surface area contributed by atoms with Crippen LogP contribution in [0.1, 0.15) is 77.6 Å². The van der Waals surface area contributed by atoms with Crippen LogP contribution in [0.5, 0.6) is 0 Å². The quantitative estimate of drug-likeness (QED) is 0.621. The van der Waals surface area contributed by atoms with Crippen molar-refractivity contribution in [3.05, 3.63) is 0 Å². The molecule has 1 aliphatic rings. The maximum Gasteiger partial charge on any atom is 0.222 e. The van der Waals surface area contributed by atoms with Crippen LogP contribution < -0.4 is 5.73 Å². The maximum absolute atomic E-state index is 12.3. The van der Waals surface area contributed by atoms with Gasteiger partial charge in [0.25, 0.3) is 0 Å².